The maximum atomic E-state index is 8.80. The number of aromatic nitrogens is 2. The van der Waals surface area contributed by atoms with Crippen LogP contribution in [0.3, 0.4) is 0 Å². The van der Waals surface area contributed by atoms with Gasteiger partial charge < -0.3 is 5.32 Å². The van der Waals surface area contributed by atoms with Gasteiger partial charge in [-0.05, 0) is 11.6 Å². The van der Waals surface area contributed by atoms with Gasteiger partial charge in [-0.25, -0.2) is 9.97 Å². The standard InChI is InChI=1S/C15H16N4/c1-15(2,12-6-4-3-5-7-12)11-18-14-17-9-8-13(10-16)19-14/h3-9H,11H2,1-2H3,(H,17,18,19). The molecule has 0 amide bonds. The van der Waals surface area contributed by atoms with E-state index in [0.717, 1.165) is 0 Å². The van der Waals surface area contributed by atoms with Gasteiger partial charge in [-0.2, -0.15) is 5.26 Å². The van der Waals surface area contributed by atoms with Crippen molar-refractivity contribution in [3.05, 3.63) is 53.9 Å². The molecule has 0 radical (unpaired) electrons. The van der Waals surface area contributed by atoms with E-state index in [2.05, 4.69) is 41.3 Å². The van der Waals surface area contributed by atoms with Crippen molar-refractivity contribution in [2.45, 2.75) is 19.3 Å². The van der Waals surface area contributed by atoms with Crippen molar-refractivity contribution in [3.63, 3.8) is 0 Å². The van der Waals surface area contributed by atoms with Crippen LogP contribution in [0.4, 0.5) is 5.95 Å². The van der Waals surface area contributed by atoms with Crippen molar-refractivity contribution >= 4 is 5.95 Å². The van der Waals surface area contributed by atoms with Crippen LogP contribution in [0.5, 0.6) is 0 Å². The highest BCUT2D eigenvalue weighted by atomic mass is 15.1. The quantitative estimate of drug-likeness (QED) is 0.908. The predicted molar refractivity (Wildman–Crippen MR) is 74.7 cm³/mol. The highest BCUT2D eigenvalue weighted by Gasteiger charge is 2.20. The number of nitrogens with zero attached hydrogens (tertiary/aromatic N) is 3. The monoisotopic (exact) mass is 252 g/mol. The zero-order valence-electron chi connectivity index (χ0n) is 11.1. The van der Waals surface area contributed by atoms with E-state index < -0.39 is 0 Å². The molecule has 0 aliphatic heterocycles. The first-order chi connectivity index (χ1) is 9.12. The molecule has 0 bridgehead atoms. The van der Waals surface area contributed by atoms with Gasteiger partial charge in [0.2, 0.25) is 5.95 Å². The molecule has 0 saturated heterocycles. The summed E-state index contributed by atoms with van der Waals surface area (Å²) in [6, 6.07) is 13.9. The molecule has 0 atom stereocenters. The Balaban J connectivity index is 2.07. The van der Waals surface area contributed by atoms with Crippen molar-refractivity contribution in [2.75, 3.05) is 11.9 Å². The van der Waals surface area contributed by atoms with Gasteiger partial charge in [0.05, 0.1) is 0 Å². The van der Waals surface area contributed by atoms with E-state index in [4.69, 9.17) is 5.26 Å². The largest absolute Gasteiger partial charge is 0.353 e. The second-order valence-electron chi connectivity index (χ2n) is 4.98. The number of nitrogens with one attached hydrogen (secondary N) is 1. The third kappa shape index (κ3) is 3.29. The number of hydrogen-bond donors (Lipinski definition) is 1. The maximum Gasteiger partial charge on any atom is 0.223 e. The molecule has 1 aromatic heterocycles. The maximum absolute atomic E-state index is 8.80. The summed E-state index contributed by atoms with van der Waals surface area (Å²) in [6.07, 6.45) is 1.59. The van der Waals surface area contributed by atoms with E-state index in [1.807, 2.05) is 24.3 Å². The smallest absolute Gasteiger partial charge is 0.223 e. The molecule has 4 nitrogen and oxygen atoms in total. The minimum Gasteiger partial charge on any atom is -0.353 e. The number of nitriles is 1. The number of hydrogen-bond acceptors (Lipinski definition) is 4. The average Bonchev–Trinajstić information content (AvgIpc) is 2.46. The molecule has 0 unspecified atom stereocenters. The molecule has 0 spiro atoms. The predicted octanol–water partition coefficient (Wildman–Crippen LogP) is 2.74. The summed E-state index contributed by atoms with van der Waals surface area (Å²) in [5.41, 5.74) is 1.58. The lowest BCUT2D eigenvalue weighted by atomic mass is 9.85. The van der Waals surface area contributed by atoms with Gasteiger partial charge in [0.25, 0.3) is 0 Å². The van der Waals surface area contributed by atoms with Gasteiger partial charge in [-0.15, -0.1) is 0 Å². The average molecular weight is 252 g/mol. The van der Waals surface area contributed by atoms with Gasteiger partial charge in [0.15, 0.2) is 0 Å². The van der Waals surface area contributed by atoms with E-state index in [-0.39, 0.29) is 5.41 Å². The van der Waals surface area contributed by atoms with Gasteiger partial charge in [-0.1, -0.05) is 44.2 Å². The van der Waals surface area contributed by atoms with Gasteiger partial charge in [0.1, 0.15) is 11.8 Å². The lowest BCUT2D eigenvalue weighted by Crippen LogP contribution is -2.28. The van der Waals surface area contributed by atoms with Crippen LogP contribution in [-0.4, -0.2) is 16.5 Å². The SMILES string of the molecule is CC(C)(CNc1nccc(C#N)n1)c1ccccc1. The Labute approximate surface area is 113 Å². The van der Waals surface area contributed by atoms with E-state index in [0.29, 0.717) is 18.2 Å². The highest BCUT2D eigenvalue weighted by Crippen LogP contribution is 2.22. The summed E-state index contributed by atoms with van der Waals surface area (Å²) in [4.78, 5) is 8.22. The second kappa shape index (κ2) is 5.49. The molecule has 96 valence electrons. The number of anilines is 1. The van der Waals surface area contributed by atoms with Crippen molar-refractivity contribution < 1.29 is 0 Å². The Bertz CT molecular complexity index is 585. The Morgan fingerprint density at radius 2 is 1.95 bits per heavy atom. The Morgan fingerprint density at radius 3 is 2.63 bits per heavy atom. The van der Waals surface area contributed by atoms with Crippen molar-refractivity contribution in [1.29, 1.82) is 5.26 Å². The lowest BCUT2D eigenvalue weighted by Gasteiger charge is -2.25. The third-order valence-corrected chi connectivity index (χ3v) is 3.01. The second-order valence-corrected chi connectivity index (χ2v) is 4.98. The normalized spacial score (nSPS) is 10.8. The van der Waals surface area contributed by atoms with E-state index in [1.165, 1.54) is 5.56 Å². The fourth-order valence-corrected chi connectivity index (χ4v) is 1.80. The van der Waals surface area contributed by atoms with E-state index in [9.17, 15) is 0 Å². The fourth-order valence-electron chi connectivity index (χ4n) is 1.80. The number of benzene rings is 1. The minimum absolute atomic E-state index is 0.0345. The van der Waals surface area contributed by atoms with Gasteiger partial charge >= 0.3 is 0 Å². The molecular weight excluding hydrogens is 236 g/mol. The van der Waals surface area contributed by atoms with E-state index in [1.54, 1.807) is 12.3 Å². The fraction of sp³-hybridized carbons (Fsp3) is 0.267. The molecular formula is C15H16N4. The molecule has 1 aromatic carbocycles. The number of rotatable bonds is 4. The molecule has 19 heavy (non-hydrogen) atoms. The Hall–Kier alpha value is -2.41. The zero-order valence-corrected chi connectivity index (χ0v) is 11.1. The van der Waals surface area contributed by atoms with Crippen molar-refractivity contribution in [1.82, 2.24) is 9.97 Å². The van der Waals surface area contributed by atoms with Crippen LogP contribution in [0.25, 0.3) is 0 Å². The minimum atomic E-state index is -0.0345. The first-order valence-electron chi connectivity index (χ1n) is 6.14. The van der Waals surface area contributed by atoms with E-state index >= 15 is 0 Å². The molecule has 1 N–H and O–H groups in total. The van der Waals surface area contributed by atoms with Crippen LogP contribution in [0.15, 0.2) is 42.6 Å². The summed E-state index contributed by atoms with van der Waals surface area (Å²) in [5, 5.41) is 12.0. The lowest BCUT2D eigenvalue weighted by molar-refractivity contribution is 0.555. The van der Waals surface area contributed by atoms with Crippen molar-refractivity contribution in [2.24, 2.45) is 0 Å². The molecule has 0 saturated carbocycles. The topological polar surface area (TPSA) is 61.6 Å². The summed E-state index contributed by atoms with van der Waals surface area (Å²) < 4.78 is 0. The molecule has 0 fully saturated rings. The highest BCUT2D eigenvalue weighted by molar-refractivity contribution is 5.33. The van der Waals surface area contributed by atoms with Crippen molar-refractivity contribution in [3.8, 4) is 6.07 Å². The first kappa shape index (κ1) is 13.0. The van der Waals surface area contributed by atoms with Gasteiger partial charge in [-0.3, -0.25) is 0 Å². The first-order valence-corrected chi connectivity index (χ1v) is 6.14. The van der Waals surface area contributed by atoms with Crippen LogP contribution in [0, 0.1) is 11.3 Å². The zero-order chi connectivity index (χ0) is 13.7. The Kier molecular flexibility index (Phi) is 3.76. The summed E-state index contributed by atoms with van der Waals surface area (Å²) in [6.45, 7) is 5.01. The molecule has 1 heterocycles. The molecule has 2 rings (SSSR count). The van der Waals surface area contributed by atoms with Crippen LogP contribution in [0.2, 0.25) is 0 Å². The Morgan fingerprint density at radius 1 is 1.21 bits per heavy atom. The van der Waals surface area contributed by atoms with Crippen LogP contribution >= 0.6 is 0 Å². The third-order valence-electron chi connectivity index (χ3n) is 3.01. The van der Waals surface area contributed by atoms with Gasteiger partial charge in [0, 0.05) is 18.2 Å². The summed E-state index contributed by atoms with van der Waals surface area (Å²) >= 11 is 0. The summed E-state index contributed by atoms with van der Waals surface area (Å²) in [5.74, 6) is 0.489. The van der Waals surface area contributed by atoms with Crippen LogP contribution < -0.4 is 5.32 Å². The molecule has 4 heteroatoms. The molecule has 0 aliphatic carbocycles. The van der Waals surface area contributed by atoms with Crippen LogP contribution in [0.1, 0.15) is 25.1 Å². The molecule has 2 aromatic rings. The summed E-state index contributed by atoms with van der Waals surface area (Å²) in [7, 11) is 0. The molecule has 0 aliphatic rings. The van der Waals surface area contributed by atoms with Crippen LogP contribution in [-0.2, 0) is 5.41 Å².